The minimum atomic E-state index is -1.53. The van der Waals surface area contributed by atoms with Gasteiger partial charge >= 0.3 is 0 Å². The molecule has 64 valence electrons. The van der Waals surface area contributed by atoms with Crippen LogP contribution in [0.3, 0.4) is 0 Å². The molecule has 3 nitrogen and oxygen atoms in total. The smallest absolute Gasteiger partial charge is 0.185 e. The summed E-state index contributed by atoms with van der Waals surface area (Å²) < 4.78 is 13.1. The lowest BCUT2D eigenvalue weighted by molar-refractivity contribution is 0.307. The molecular formula is C8H9FN2O. The van der Waals surface area contributed by atoms with Crippen molar-refractivity contribution in [2.45, 2.75) is 6.17 Å². The Balaban J connectivity index is 2.86. The molecule has 0 saturated carbocycles. The molecule has 1 atom stereocenters. The van der Waals surface area contributed by atoms with Crippen LogP contribution < -0.4 is 5.73 Å². The maximum absolute atomic E-state index is 13.1. The summed E-state index contributed by atoms with van der Waals surface area (Å²) in [7, 11) is 0. The molecular weight excluding hydrogens is 159 g/mol. The van der Waals surface area contributed by atoms with Crippen LogP contribution in [0.5, 0.6) is 0 Å². The fourth-order valence-electron chi connectivity index (χ4n) is 0.843. The third-order valence-corrected chi connectivity index (χ3v) is 1.47. The van der Waals surface area contributed by atoms with Crippen LogP contribution in [0.2, 0.25) is 0 Å². The monoisotopic (exact) mass is 168 g/mol. The van der Waals surface area contributed by atoms with Gasteiger partial charge in [-0.15, -0.1) is 0 Å². The summed E-state index contributed by atoms with van der Waals surface area (Å²) in [6, 6.07) is 8.28. The summed E-state index contributed by atoms with van der Waals surface area (Å²) >= 11 is 0. The first-order valence-corrected chi connectivity index (χ1v) is 3.42. The lowest BCUT2D eigenvalue weighted by atomic mass is 10.1. The van der Waals surface area contributed by atoms with Crippen LogP contribution in [-0.2, 0) is 0 Å². The molecule has 0 amide bonds. The van der Waals surface area contributed by atoms with Gasteiger partial charge in [0.1, 0.15) is 0 Å². The first-order chi connectivity index (χ1) is 5.75. The molecule has 0 saturated heterocycles. The molecule has 12 heavy (non-hydrogen) atoms. The van der Waals surface area contributed by atoms with Gasteiger partial charge < -0.3 is 10.9 Å². The summed E-state index contributed by atoms with van der Waals surface area (Å²) in [6.45, 7) is 0. The quantitative estimate of drug-likeness (QED) is 0.304. The lowest BCUT2D eigenvalue weighted by Crippen LogP contribution is -2.18. The molecule has 3 N–H and O–H groups in total. The van der Waals surface area contributed by atoms with Crippen molar-refractivity contribution in [1.82, 2.24) is 0 Å². The molecule has 0 aromatic heterocycles. The number of oxime groups is 1. The van der Waals surface area contributed by atoms with E-state index in [0.717, 1.165) is 0 Å². The molecule has 0 fully saturated rings. The van der Waals surface area contributed by atoms with Crippen molar-refractivity contribution in [2.24, 2.45) is 10.9 Å². The van der Waals surface area contributed by atoms with E-state index in [1.807, 2.05) is 0 Å². The Bertz CT molecular complexity index is 274. The molecule has 1 rings (SSSR count). The highest BCUT2D eigenvalue weighted by Gasteiger charge is 2.13. The van der Waals surface area contributed by atoms with Crippen molar-refractivity contribution in [1.29, 1.82) is 0 Å². The van der Waals surface area contributed by atoms with Gasteiger partial charge in [0.05, 0.1) is 0 Å². The highest BCUT2D eigenvalue weighted by atomic mass is 19.1. The number of hydrogen-bond donors (Lipinski definition) is 2. The Morgan fingerprint density at radius 2 is 2.00 bits per heavy atom. The largest absolute Gasteiger partial charge is 0.409 e. The average Bonchev–Trinajstić information content (AvgIpc) is 2.17. The Hall–Kier alpha value is -1.58. The first kappa shape index (κ1) is 8.52. The van der Waals surface area contributed by atoms with Gasteiger partial charge in [0, 0.05) is 0 Å². The van der Waals surface area contributed by atoms with E-state index in [4.69, 9.17) is 10.9 Å². The van der Waals surface area contributed by atoms with E-state index < -0.39 is 12.0 Å². The lowest BCUT2D eigenvalue weighted by Gasteiger charge is -2.04. The van der Waals surface area contributed by atoms with Gasteiger partial charge in [0.15, 0.2) is 12.0 Å². The summed E-state index contributed by atoms with van der Waals surface area (Å²) in [5, 5.41) is 10.8. The van der Waals surface area contributed by atoms with Crippen LogP contribution in [0.4, 0.5) is 4.39 Å². The van der Waals surface area contributed by atoms with Crippen LogP contribution in [0.25, 0.3) is 0 Å². The third-order valence-electron chi connectivity index (χ3n) is 1.47. The molecule has 1 aromatic carbocycles. The van der Waals surface area contributed by atoms with Crippen molar-refractivity contribution in [3.05, 3.63) is 35.9 Å². The number of benzene rings is 1. The number of nitrogens with two attached hydrogens (primary N) is 1. The predicted molar refractivity (Wildman–Crippen MR) is 43.7 cm³/mol. The van der Waals surface area contributed by atoms with E-state index in [9.17, 15) is 4.39 Å². The van der Waals surface area contributed by atoms with Gasteiger partial charge in [-0.25, -0.2) is 4.39 Å². The predicted octanol–water partition coefficient (Wildman–Crippen LogP) is 1.44. The zero-order valence-electron chi connectivity index (χ0n) is 6.31. The SMILES string of the molecule is NC(=NO)C(F)c1ccccc1. The fourth-order valence-corrected chi connectivity index (χ4v) is 0.843. The number of hydrogen-bond acceptors (Lipinski definition) is 2. The van der Waals surface area contributed by atoms with Crippen LogP contribution in [0.15, 0.2) is 35.5 Å². The number of nitrogens with zero attached hydrogens (tertiary/aromatic N) is 1. The molecule has 0 spiro atoms. The molecule has 0 radical (unpaired) electrons. The number of rotatable bonds is 2. The molecule has 0 aliphatic heterocycles. The highest BCUT2D eigenvalue weighted by Crippen LogP contribution is 2.16. The van der Waals surface area contributed by atoms with Crippen LogP contribution in [0, 0.1) is 0 Å². The Kier molecular flexibility index (Phi) is 2.63. The summed E-state index contributed by atoms with van der Waals surface area (Å²) in [5.74, 6) is -0.429. The molecule has 1 aromatic rings. The standard InChI is InChI=1S/C8H9FN2O/c9-7(8(10)11-12)6-4-2-1-3-5-6/h1-5,7,12H,(H2,10,11). The maximum Gasteiger partial charge on any atom is 0.185 e. The van der Waals surface area contributed by atoms with E-state index in [2.05, 4.69) is 5.16 Å². The van der Waals surface area contributed by atoms with E-state index in [1.165, 1.54) is 0 Å². The van der Waals surface area contributed by atoms with Crippen molar-refractivity contribution < 1.29 is 9.60 Å². The zero-order valence-corrected chi connectivity index (χ0v) is 6.31. The van der Waals surface area contributed by atoms with Gasteiger partial charge in [0.25, 0.3) is 0 Å². The normalized spacial score (nSPS) is 14.2. The average molecular weight is 168 g/mol. The van der Waals surface area contributed by atoms with E-state index in [0.29, 0.717) is 5.56 Å². The molecule has 1 unspecified atom stereocenters. The third kappa shape index (κ3) is 1.72. The molecule has 0 aliphatic rings. The van der Waals surface area contributed by atoms with Gasteiger partial charge in [-0.05, 0) is 5.56 Å². The second kappa shape index (κ2) is 3.71. The topological polar surface area (TPSA) is 58.6 Å². The van der Waals surface area contributed by atoms with E-state index in [1.54, 1.807) is 30.3 Å². The summed E-state index contributed by atoms with van der Waals surface area (Å²) in [6.07, 6.45) is -1.53. The molecule has 0 aliphatic carbocycles. The molecule has 4 heteroatoms. The van der Waals surface area contributed by atoms with Gasteiger partial charge in [-0.1, -0.05) is 35.5 Å². The minimum absolute atomic E-state index is 0.382. The van der Waals surface area contributed by atoms with Crippen molar-refractivity contribution in [3.8, 4) is 0 Å². The highest BCUT2D eigenvalue weighted by molar-refractivity contribution is 5.85. The maximum atomic E-state index is 13.1. The second-order valence-corrected chi connectivity index (χ2v) is 2.30. The fraction of sp³-hybridized carbons (Fsp3) is 0.125. The van der Waals surface area contributed by atoms with Crippen LogP contribution in [-0.4, -0.2) is 11.0 Å². The second-order valence-electron chi connectivity index (χ2n) is 2.30. The van der Waals surface area contributed by atoms with E-state index >= 15 is 0 Å². The number of halogens is 1. The summed E-state index contributed by atoms with van der Waals surface area (Å²) in [4.78, 5) is 0. The van der Waals surface area contributed by atoms with Gasteiger partial charge in [-0.3, -0.25) is 0 Å². The van der Waals surface area contributed by atoms with Crippen LogP contribution in [0.1, 0.15) is 11.7 Å². The number of amidine groups is 1. The Morgan fingerprint density at radius 3 is 2.50 bits per heavy atom. The van der Waals surface area contributed by atoms with Gasteiger partial charge in [0.2, 0.25) is 0 Å². The van der Waals surface area contributed by atoms with Crippen molar-refractivity contribution in [2.75, 3.05) is 0 Å². The Labute approximate surface area is 69.3 Å². The first-order valence-electron chi connectivity index (χ1n) is 3.42. The number of alkyl halides is 1. The summed E-state index contributed by atoms with van der Waals surface area (Å²) in [5.41, 5.74) is 5.46. The minimum Gasteiger partial charge on any atom is -0.409 e. The molecule has 0 heterocycles. The Morgan fingerprint density at radius 1 is 1.42 bits per heavy atom. The zero-order chi connectivity index (χ0) is 8.97. The van der Waals surface area contributed by atoms with E-state index in [-0.39, 0.29) is 0 Å². The molecule has 0 bridgehead atoms. The van der Waals surface area contributed by atoms with Crippen LogP contribution >= 0.6 is 0 Å². The van der Waals surface area contributed by atoms with Crippen molar-refractivity contribution >= 4 is 5.84 Å². The van der Waals surface area contributed by atoms with Gasteiger partial charge in [-0.2, -0.15) is 0 Å². The van der Waals surface area contributed by atoms with Crippen molar-refractivity contribution in [3.63, 3.8) is 0 Å².